The molecule has 0 fully saturated rings. The van der Waals surface area contributed by atoms with E-state index in [-0.39, 0.29) is 0 Å². The fraction of sp³-hybridized carbons (Fsp3) is 0.286. The molecule has 124 valence electrons. The molecule has 0 aliphatic heterocycles. The molecule has 0 bridgehead atoms. The molecule has 0 unspecified atom stereocenters. The Kier molecular flexibility index (Phi) is 4.89. The standard InChI is InChI=1S/C14H18N4O4S/c1-3-5-15-7-9-17(13(15)19)11-23(21,22)12-18-10-8-16(6-4-2)14(18)20/h3-10H,11-12H2,1-2H3/b5-3+,6-4+. The van der Waals surface area contributed by atoms with Crippen LogP contribution in [-0.2, 0) is 21.6 Å². The predicted molar refractivity (Wildman–Crippen MR) is 88.3 cm³/mol. The van der Waals surface area contributed by atoms with Crippen molar-refractivity contribution in [1.82, 2.24) is 18.3 Å². The third-order valence-electron chi connectivity index (χ3n) is 3.04. The number of nitrogens with zero attached hydrogens (tertiary/aromatic N) is 4. The average Bonchev–Trinajstić information content (AvgIpc) is 2.98. The second-order valence-electron chi connectivity index (χ2n) is 4.88. The Labute approximate surface area is 133 Å². The van der Waals surface area contributed by atoms with Crippen molar-refractivity contribution in [2.45, 2.75) is 25.6 Å². The average molecular weight is 338 g/mol. The molecule has 0 radical (unpaired) electrons. The minimum atomic E-state index is -3.68. The van der Waals surface area contributed by atoms with Crippen molar-refractivity contribution >= 4 is 22.2 Å². The first kappa shape index (κ1) is 16.8. The van der Waals surface area contributed by atoms with Crippen LogP contribution in [0.4, 0.5) is 0 Å². The summed E-state index contributed by atoms with van der Waals surface area (Å²) in [6.07, 6.45) is 12.2. The van der Waals surface area contributed by atoms with Gasteiger partial charge in [-0.1, -0.05) is 12.2 Å². The van der Waals surface area contributed by atoms with E-state index in [1.807, 2.05) is 0 Å². The Bertz CT molecular complexity index is 881. The van der Waals surface area contributed by atoms with Crippen LogP contribution in [-0.4, -0.2) is 26.7 Å². The smallest absolute Gasteiger partial charge is 0.284 e. The van der Waals surface area contributed by atoms with Crippen LogP contribution in [0.2, 0.25) is 0 Å². The highest BCUT2D eigenvalue weighted by molar-refractivity contribution is 7.89. The van der Waals surface area contributed by atoms with Gasteiger partial charge in [0.1, 0.15) is 11.8 Å². The summed E-state index contributed by atoms with van der Waals surface area (Å²) in [5.74, 6) is -0.977. The molecule has 0 aromatic carbocycles. The zero-order valence-electron chi connectivity index (χ0n) is 12.9. The van der Waals surface area contributed by atoms with Crippen LogP contribution in [0.15, 0.2) is 46.5 Å². The zero-order chi connectivity index (χ0) is 17.0. The molecule has 2 aromatic rings. The third kappa shape index (κ3) is 3.81. The van der Waals surface area contributed by atoms with Crippen molar-refractivity contribution in [2.24, 2.45) is 0 Å². The zero-order valence-corrected chi connectivity index (χ0v) is 13.7. The van der Waals surface area contributed by atoms with Gasteiger partial charge in [-0.3, -0.25) is 18.3 Å². The Morgan fingerprint density at radius 3 is 1.57 bits per heavy atom. The third-order valence-corrected chi connectivity index (χ3v) is 4.38. The Balaban J connectivity index is 2.23. The summed E-state index contributed by atoms with van der Waals surface area (Å²) in [5.41, 5.74) is -0.906. The summed E-state index contributed by atoms with van der Waals surface area (Å²) in [7, 11) is -3.68. The largest absolute Gasteiger partial charge is 0.333 e. The monoisotopic (exact) mass is 338 g/mol. The van der Waals surface area contributed by atoms with Crippen molar-refractivity contribution in [3.8, 4) is 0 Å². The molecule has 0 amide bonds. The van der Waals surface area contributed by atoms with Gasteiger partial charge in [0.15, 0.2) is 9.84 Å². The number of aromatic nitrogens is 4. The number of imidazole rings is 2. The van der Waals surface area contributed by atoms with Gasteiger partial charge < -0.3 is 0 Å². The first-order valence-electron chi connectivity index (χ1n) is 6.88. The van der Waals surface area contributed by atoms with Crippen molar-refractivity contribution < 1.29 is 8.42 Å². The molecule has 8 nitrogen and oxygen atoms in total. The lowest BCUT2D eigenvalue weighted by Crippen LogP contribution is -2.29. The minimum absolute atomic E-state index is 0.453. The maximum atomic E-state index is 12.2. The summed E-state index contributed by atoms with van der Waals surface area (Å²) in [6.45, 7) is 3.50. The SMILES string of the molecule is C/C=C/n1ccn(CS(=O)(=O)Cn2ccn(/C=C/C)c2=O)c1=O. The van der Waals surface area contributed by atoms with Crippen molar-refractivity contribution in [2.75, 3.05) is 0 Å². The van der Waals surface area contributed by atoms with Crippen LogP contribution in [0, 0.1) is 0 Å². The maximum absolute atomic E-state index is 12.2. The summed E-state index contributed by atoms with van der Waals surface area (Å²) < 4.78 is 29.2. The molecule has 0 saturated heterocycles. The Morgan fingerprint density at radius 2 is 1.22 bits per heavy atom. The van der Waals surface area contributed by atoms with Gasteiger partial charge in [-0.2, -0.15) is 0 Å². The molecule has 0 N–H and O–H groups in total. The van der Waals surface area contributed by atoms with Crippen LogP contribution in [0.25, 0.3) is 12.4 Å². The molecule has 9 heteroatoms. The van der Waals surface area contributed by atoms with E-state index in [0.717, 1.165) is 9.13 Å². The van der Waals surface area contributed by atoms with E-state index in [1.165, 1.54) is 46.3 Å². The van der Waals surface area contributed by atoms with E-state index >= 15 is 0 Å². The molecule has 0 aliphatic rings. The highest BCUT2D eigenvalue weighted by Crippen LogP contribution is 2.00. The number of hydrogen-bond acceptors (Lipinski definition) is 4. The van der Waals surface area contributed by atoms with Gasteiger partial charge in [0.2, 0.25) is 0 Å². The second kappa shape index (κ2) is 6.69. The molecule has 2 rings (SSSR count). The lowest BCUT2D eigenvalue weighted by molar-refractivity contribution is 0.567. The van der Waals surface area contributed by atoms with Crippen LogP contribution in [0.5, 0.6) is 0 Å². The lowest BCUT2D eigenvalue weighted by Gasteiger charge is -2.05. The molecule has 2 aromatic heterocycles. The fourth-order valence-corrected chi connectivity index (χ4v) is 3.39. The second-order valence-corrected chi connectivity index (χ2v) is 6.89. The fourth-order valence-electron chi connectivity index (χ4n) is 2.07. The summed E-state index contributed by atoms with van der Waals surface area (Å²) >= 11 is 0. The number of hydrogen-bond donors (Lipinski definition) is 0. The van der Waals surface area contributed by atoms with Gasteiger partial charge in [0.25, 0.3) is 0 Å². The van der Waals surface area contributed by atoms with E-state index in [1.54, 1.807) is 26.0 Å². The molecule has 2 heterocycles. The van der Waals surface area contributed by atoms with Crippen LogP contribution >= 0.6 is 0 Å². The highest BCUT2D eigenvalue weighted by atomic mass is 32.2. The summed E-state index contributed by atoms with van der Waals surface area (Å²) in [4.78, 5) is 23.9. The normalized spacial score (nSPS) is 12.6. The highest BCUT2D eigenvalue weighted by Gasteiger charge is 2.16. The van der Waals surface area contributed by atoms with Gasteiger partial charge in [-0.15, -0.1) is 0 Å². The molecular formula is C14H18N4O4S. The molecule has 0 spiro atoms. The van der Waals surface area contributed by atoms with E-state index < -0.39 is 33.0 Å². The van der Waals surface area contributed by atoms with E-state index in [0.29, 0.717) is 0 Å². The maximum Gasteiger partial charge on any atom is 0.333 e. The topological polar surface area (TPSA) is 88.0 Å². The molecule has 23 heavy (non-hydrogen) atoms. The number of rotatable bonds is 6. The predicted octanol–water partition coefficient (Wildman–Crippen LogP) is 0.624. The first-order chi connectivity index (χ1) is 10.9. The van der Waals surface area contributed by atoms with Gasteiger partial charge in [0, 0.05) is 37.2 Å². The quantitative estimate of drug-likeness (QED) is 0.772. The Morgan fingerprint density at radius 1 is 0.826 bits per heavy atom. The van der Waals surface area contributed by atoms with Crippen molar-refractivity contribution in [3.63, 3.8) is 0 Å². The van der Waals surface area contributed by atoms with Gasteiger partial charge >= 0.3 is 11.4 Å². The summed E-state index contributed by atoms with van der Waals surface area (Å²) in [5, 5.41) is 0. The van der Waals surface area contributed by atoms with Crippen molar-refractivity contribution in [1.29, 1.82) is 0 Å². The van der Waals surface area contributed by atoms with Gasteiger partial charge in [0.05, 0.1) is 0 Å². The summed E-state index contributed by atoms with van der Waals surface area (Å²) in [6, 6.07) is 0. The van der Waals surface area contributed by atoms with E-state index in [4.69, 9.17) is 0 Å². The molecular weight excluding hydrogens is 320 g/mol. The number of sulfone groups is 1. The molecule has 0 saturated carbocycles. The van der Waals surface area contributed by atoms with E-state index in [2.05, 4.69) is 0 Å². The van der Waals surface area contributed by atoms with E-state index in [9.17, 15) is 18.0 Å². The molecule has 0 atom stereocenters. The number of allylic oxidation sites excluding steroid dienone is 2. The lowest BCUT2D eigenvalue weighted by atomic mass is 10.7. The van der Waals surface area contributed by atoms with Gasteiger partial charge in [-0.25, -0.2) is 18.0 Å². The molecule has 0 aliphatic carbocycles. The van der Waals surface area contributed by atoms with Crippen molar-refractivity contribution in [3.05, 3.63) is 57.9 Å². The Hall–Kier alpha value is -2.55. The van der Waals surface area contributed by atoms with Gasteiger partial charge in [-0.05, 0) is 13.8 Å². The minimum Gasteiger partial charge on any atom is -0.284 e. The van der Waals surface area contributed by atoms with Crippen LogP contribution in [0.3, 0.4) is 0 Å². The van der Waals surface area contributed by atoms with Crippen LogP contribution in [0.1, 0.15) is 13.8 Å². The first-order valence-corrected chi connectivity index (χ1v) is 8.70. The van der Waals surface area contributed by atoms with Crippen LogP contribution < -0.4 is 11.4 Å².